The molecule has 8 nitrogen and oxygen atoms in total. The van der Waals surface area contributed by atoms with E-state index in [1.54, 1.807) is 7.11 Å². The van der Waals surface area contributed by atoms with Crippen LogP contribution in [0.1, 0.15) is 25.8 Å². The SMILES string of the molecule is COC[C@H]1C[C@@H](n2cc(-n3ncc4cc(Cl)c(N5CCN(C6(C)COC6)CC5)cc43)cn2)C1. The highest BCUT2D eigenvalue weighted by Crippen LogP contribution is 2.38. The van der Waals surface area contributed by atoms with Crippen LogP contribution in [-0.2, 0) is 9.47 Å². The van der Waals surface area contributed by atoms with Gasteiger partial charge in [-0.05, 0) is 37.8 Å². The van der Waals surface area contributed by atoms with Crippen molar-refractivity contribution in [2.75, 3.05) is 58.0 Å². The van der Waals surface area contributed by atoms with Crippen LogP contribution in [0.25, 0.3) is 16.6 Å². The van der Waals surface area contributed by atoms with E-state index in [0.29, 0.717) is 12.0 Å². The molecule has 2 saturated heterocycles. The highest BCUT2D eigenvalue weighted by Gasteiger charge is 2.40. The van der Waals surface area contributed by atoms with Crippen molar-refractivity contribution in [2.24, 2.45) is 5.92 Å². The van der Waals surface area contributed by atoms with Gasteiger partial charge in [0.05, 0.1) is 59.6 Å². The van der Waals surface area contributed by atoms with Gasteiger partial charge in [0, 0.05) is 45.3 Å². The van der Waals surface area contributed by atoms with E-state index in [2.05, 4.69) is 43.9 Å². The van der Waals surface area contributed by atoms with Crippen molar-refractivity contribution in [1.29, 1.82) is 0 Å². The predicted molar refractivity (Wildman–Crippen MR) is 129 cm³/mol. The number of hydrogen-bond donors (Lipinski definition) is 0. The van der Waals surface area contributed by atoms with Gasteiger partial charge in [0.15, 0.2) is 0 Å². The van der Waals surface area contributed by atoms with Crippen LogP contribution in [0.5, 0.6) is 0 Å². The highest BCUT2D eigenvalue weighted by molar-refractivity contribution is 6.34. The number of piperazine rings is 1. The molecule has 1 aromatic carbocycles. The van der Waals surface area contributed by atoms with Crippen LogP contribution in [0.2, 0.25) is 5.02 Å². The second kappa shape index (κ2) is 8.27. The van der Waals surface area contributed by atoms with E-state index in [4.69, 9.17) is 21.1 Å². The number of benzene rings is 1. The second-order valence-electron chi connectivity index (χ2n) is 10.0. The molecule has 2 aliphatic heterocycles. The van der Waals surface area contributed by atoms with E-state index in [0.717, 1.165) is 86.1 Å². The third-order valence-electron chi connectivity index (χ3n) is 7.67. The van der Waals surface area contributed by atoms with Crippen molar-refractivity contribution in [3.8, 4) is 5.69 Å². The zero-order valence-corrected chi connectivity index (χ0v) is 20.0. The Morgan fingerprint density at radius 3 is 2.61 bits per heavy atom. The van der Waals surface area contributed by atoms with Gasteiger partial charge in [0.2, 0.25) is 0 Å². The lowest BCUT2D eigenvalue weighted by atomic mass is 9.81. The van der Waals surface area contributed by atoms with Crippen molar-refractivity contribution in [3.05, 3.63) is 35.7 Å². The number of methoxy groups -OCH3 is 1. The fourth-order valence-corrected chi connectivity index (χ4v) is 5.77. The predicted octanol–water partition coefficient (Wildman–Crippen LogP) is 3.38. The third kappa shape index (κ3) is 3.73. The van der Waals surface area contributed by atoms with Crippen molar-refractivity contribution in [3.63, 3.8) is 0 Å². The third-order valence-corrected chi connectivity index (χ3v) is 7.97. The Labute approximate surface area is 199 Å². The maximum absolute atomic E-state index is 6.73. The van der Waals surface area contributed by atoms with Crippen molar-refractivity contribution in [2.45, 2.75) is 31.3 Å². The lowest BCUT2D eigenvalue weighted by Gasteiger charge is -2.50. The molecular formula is C24H31ClN6O2. The number of fused-ring (bicyclic) bond motifs is 1. The lowest BCUT2D eigenvalue weighted by molar-refractivity contribution is -0.131. The summed E-state index contributed by atoms with van der Waals surface area (Å²) in [6, 6.07) is 4.67. The molecule has 33 heavy (non-hydrogen) atoms. The minimum Gasteiger partial charge on any atom is -0.384 e. The molecule has 0 unspecified atom stereocenters. The summed E-state index contributed by atoms with van der Waals surface area (Å²) in [4.78, 5) is 4.95. The lowest BCUT2D eigenvalue weighted by Crippen LogP contribution is -2.64. The largest absolute Gasteiger partial charge is 0.384 e. The standard InChI is InChI=1S/C24H31ClN6O2/c1-24(15-33-16-24)29-5-3-28(4-6-29)23-10-22-18(9-21(23)25)11-27-31(22)20-12-26-30(13-20)19-7-17(8-19)14-32-2/h9-13,17,19H,3-8,14-16H2,1-2H3/t17-,19+. The van der Waals surface area contributed by atoms with Crippen molar-refractivity contribution >= 4 is 28.2 Å². The first-order valence-corrected chi connectivity index (χ1v) is 12.2. The number of ether oxygens (including phenoxy) is 2. The topological polar surface area (TPSA) is 60.6 Å². The van der Waals surface area contributed by atoms with Gasteiger partial charge in [-0.1, -0.05) is 11.6 Å². The average Bonchev–Trinajstić information content (AvgIpc) is 3.40. The number of nitrogens with zero attached hydrogens (tertiary/aromatic N) is 6. The first kappa shape index (κ1) is 21.4. The van der Waals surface area contributed by atoms with E-state index in [-0.39, 0.29) is 5.54 Å². The summed E-state index contributed by atoms with van der Waals surface area (Å²) >= 11 is 6.73. The number of rotatable bonds is 6. The maximum Gasteiger partial charge on any atom is 0.103 e. The van der Waals surface area contributed by atoms with Gasteiger partial charge in [-0.3, -0.25) is 9.58 Å². The Morgan fingerprint density at radius 1 is 1.12 bits per heavy atom. The molecule has 3 fully saturated rings. The molecule has 1 saturated carbocycles. The molecule has 0 atom stereocenters. The summed E-state index contributed by atoms with van der Waals surface area (Å²) in [6.07, 6.45) is 8.13. The quantitative estimate of drug-likeness (QED) is 0.550. The van der Waals surface area contributed by atoms with Crippen LogP contribution in [0.3, 0.4) is 0 Å². The zero-order valence-electron chi connectivity index (χ0n) is 19.3. The Morgan fingerprint density at radius 2 is 1.91 bits per heavy atom. The van der Waals surface area contributed by atoms with E-state index in [1.165, 1.54) is 0 Å². The number of halogens is 1. The number of aromatic nitrogens is 4. The second-order valence-corrected chi connectivity index (χ2v) is 10.4. The fourth-order valence-electron chi connectivity index (χ4n) is 5.48. The number of anilines is 1. The van der Waals surface area contributed by atoms with Crippen LogP contribution >= 0.6 is 11.6 Å². The van der Waals surface area contributed by atoms with E-state index >= 15 is 0 Å². The van der Waals surface area contributed by atoms with Crippen LogP contribution in [0.4, 0.5) is 5.69 Å². The van der Waals surface area contributed by atoms with Crippen molar-refractivity contribution < 1.29 is 9.47 Å². The monoisotopic (exact) mass is 470 g/mol. The number of hydrogen-bond acceptors (Lipinski definition) is 6. The molecule has 1 aliphatic carbocycles. The van der Waals surface area contributed by atoms with Crippen molar-refractivity contribution in [1.82, 2.24) is 24.5 Å². The fraction of sp³-hybridized carbons (Fsp3) is 0.583. The Hall–Kier alpha value is -2.13. The van der Waals surface area contributed by atoms with E-state index in [9.17, 15) is 0 Å². The molecule has 3 aromatic rings. The Kier molecular flexibility index (Phi) is 5.36. The molecule has 0 radical (unpaired) electrons. The molecule has 0 N–H and O–H groups in total. The normalized spacial score (nSPS) is 25.2. The molecule has 4 heterocycles. The van der Waals surface area contributed by atoms with Crippen LogP contribution in [0.15, 0.2) is 30.7 Å². The molecule has 0 amide bonds. The molecule has 2 aromatic heterocycles. The first-order chi connectivity index (χ1) is 16.0. The Balaban J connectivity index is 1.22. The molecule has 176 valence electrons. The van der Waals surface area contributed by atoms with Gasteiger partial charge in [-0.15, -0.1) is 0 Å². The molecule has 6 rings (SSSR count). The van der Waals surface area contributed by atoms with Crippen LogP contribution in [0, 0.1) is 5.92 Å². The van der Waals surface area contributed by atoms with Gasteiger partial charge in [-0.25, -0.2) is 4.68 Å². The summed E-state index contributed by atoms with van der Waals surface area (Å²) < 4.78 is 14.8. The van der Waals surface area contributed by atoms with Gasteiger partial charge in [-0.2, -0.15) is 10.2 Å². The average molecular weight is 471 g/mol. The summed E-state index contributed by atoms with van der Waals surface area (Å²) in [5.41, 5.74) is 3.31. The van der Waals surface area contributed by atoms with Gasteiger partial charge in [0.1, 0.15) is 5.69 Å². The molecular weight excluding hydrogens is 440 g/mol. The van der Waals surface area contributed by atoms with E-state index in [1.807, 2.05) is 23.1 Å². The van der Waals surface area contributed by atoms with E-state index < -0.39 is 0 Å². The van der Waals surface area contributed by atoms with Gasteiger partial charge < -0.3 is 14.4 Å². The van der Waals surface area contributed by atoms with Gasteiger partial charge >= 0.3 is 0 Å². The summed E-state index contributed by atoms with van der Waals surface area (Å²) in [5, 5.41) is 11.1. The summed E-state index contributed by atoms with van der Waals surface area (Å²) in [7, 11) is 1.77. The smallest absolute Gasteiger partial charge is 0.103 e. The maximum atomic E-state index is 6.73. The summed E-state index contributed by atoms with van der Waals surface area (Å²) in [5.74, 6) is 0.641. The molecule has 9 heteroatoms. The zero-order chi connectivity index (χ0) is 22.6. The minimum atomic E-state index is 0.197. The molecule has 0 spiro atoms. The van der Waals surface area contributed by atoms with Crippen LogP contribution < -0.4 is 4.90 Å². The Bertz CT molecular complexity index is 1140. The molecule has 0 bridgehead atoms. The highest BCUT2D eigenvalue weighted by atomic mass is 35.5. The minimum absolute atomic E-state index is 0.197. The first-order valence-electron chi connectivity index (χ1n) is 11.8. The molecule has 3 aliphatic rings. The van der Waals surface area contributed by atoms with Gasteiger partial charge in [0.25, 0.3) is 0 Å². The van der Waals surface area contributed by atoms with Crippen LogP contribution in [-0.4, -0.2) is 83.1 Å². The summed E-state index contributed by atoms with van der Waals surface area (Å²) in [6.45, 7) is 8.75.